The number of halogens is 1. The van der Waals surface area contributed by atoms with Gasteiger partial charge in [-0.25, -0.2) is 9.40 Å². The highest BCUT2D eigenvalue weighted by atomic mass is 32.2. The number of nitrogens with zero attached hydrogens (tertiary/aromatic N) is 3. The number of benzene rings is 1. The molecule has 7 heteroatoms. The first-order valence-corrected chi connectivity index (χ1v) is 9.00. The Kier molecular flexibility index (Phi) is 3.96. The van der Waals surface area contributed by atoms with Crippen LogP contribution >= 0.6 is 11.8 Å². The summed E-state index contributed by atoms with van der Waals surface area (Å²) in [5, 5.41) is 11.0. The Hall–Kier alpha value is -2.02. The maximum atomic E-state index is 13.1. The van der Waals surface area contributed by atoms with Crippen LogP contribution in [0.1, 0.15) is 31.2 Å². The minimum Gasteiger partial charge on any atom is -0.368 e. The van der Waals surface area contributed by atoms with Crippen LogP contribution in [-0.4, -0.2) is 40.1 Å². The molecule has 0 aromatic heterocycles. The number of hydrogen-bond acceptors (Lipinski definition) is 5. The molecule has 3 aliphatic heterocycles. The molecule has 1 N–H and O–H groups in total. The Bertz CT molecular complexity index is 718. The van der Waals surface area contributed by atoms with E-state index in [4.69, 9.17) is 0 Å². The van der Waals surface area contributed by atoms with E-state index >= 15 is 0 Å². The van der Waals surface area contributed by atoms with Crippen molar-refractivity contribution in [2.45, 2.75) is 31.8 Å². The van der Waals surface area contributed by atoms with E-state index in [1.807, 2.05) is 35.2 Å². The molecule has 126 valence electrons. The number of rotatable bonds is 2. The summed E-state index contributed by atoms with van der Waals surface area (Å²) in [7, 11) is 0. The Labute approximate surface area is 144 Å². The molecular formula is C17H19FN4OS. The zero-order valence-electron chi connectivity index (χ0n) is 13.4. The van der Waals surface area contributed by atoms with Gasteiger partial charge in [-0.2, -0.15) is 5.10 Å². The summed E-state index contributed by atoms with van der Waals surface area (Å²) in [5.74, 6) is 0.0278. The van der Waals surface area contributed by atoms with E-state index in [0.29, 0.717) is 11.6 Å². The van der Waals surface area contributed by atoms with Gasteiger partial charge in [0.05, 0.1) is 0 Å². The summed E-state index contributed by atoms with van der Waals surface area (Å²) in [4.78, 5) is 14.7. The number of likely N-dealkylation sites (tertiary alicyclic amines) is 1. The lowest BCUT2D eigenvalue weighted by Gasteiger charge is -2.32. The highest BCUT2D eigenvalue weighted by Gasteiger charge is 2.36. The number of hydrazone groups is 1. The predicted octanol–water partition coefficient (Wildman–Crippen LogP) is 2.64. The standard InChI is InChI=1S/C17H19FN4OS/c1-11-19-9-15-22(11)20-16(24-15)17(23)21-8-2-3-13(10-21)12-4-6-14(18)7-5-12/h4-7,9,11,13,19H,2-3,8,10H2,1H3. The highest BCUT2D eigenvalue weighted by molar-refractivity contribution is 8.19. The summed E-state index contributed by atoms with van der Waals surface area (Å²) >= 11 is 1.42. The second-order valence-electron chi connectivity index (χ2n) is 6.32. The Morgan fingerprint density at radius 1 is 1.38 bits per heavy atom. The highest BCUT2D eigenvalue weighted by Crippen LogP contribution is 2.35. The summed E-state index contributed by atoms with van der Waals surface area (Å²) in [6.45, 7) is 3.42. The lowest BCUT2D eigenvalue weighted by molar-refractivity contribution is -0.125. The quantitative estimate of drug-likeness (QED) is 0.894. The first-order valence-electron chi connectivity index (χ1n) is 8.18. The zero-order chi connectivity index (χ0) is 16.7. The van der Waals surface area contributed by atoms with Gasteiger partial charge in [-0.3, -0.25) is 4.79 Å². The van der Waals surface area contributed by atoms with Crippen molar-refractivity contribution in [3.8, 4) is 0 Å². The van der Waals surface area contributed by atoms with Gasteiger partial charge < -0.3 is 10.2 Å². The van der Waals surface area contributed by atoms with Crippen LogP contribution in [0.25, 0.3) is 0 Å². The number of amides is 1. The third-order valence-electron chi connectivity index (χ3n) is 4.67. The third-order valence-corrected chi connectivity index (χ3v) is 5.64. The lowest BCUT2D eigenvalue weighted by Crippen LogP contribution is -2.42. The fraction of sp³-hybridized carbons (Fsp3) is 0.412. The van der Waals surface area contributed by atoms with Crippen molar-refractivity contribution in [3.05, 3.63) is 46.9 Å². The number of hydrogen-bond donors (Lipinski definition) is 1. The fourth-order valence-corrected chi connectivity index (χ4v) is 4.30. The average Bonchev–Trinajstić information content (AvgIpc) is 3.17. The normalized spacial score (nSPS) is 25.9. The fourth-order valence-electron chi connectivity index (χ4n) is 3.34. The van der Waals surface area contributed by atoms with Gasteiger partial charge in [0.1, 0.15) is 17.0 Å². The monoisotopic (exact) mass is 346 g/mol. The van der Waals surface area contributed by atoms with Crippen LogP contribution < -0.4 is 5.32 Å². The molecule has 5 nitrogen and oxygen atoms in total. The second-order valence-corrected chi connectivity index (χ2v) is 7.33. The first-order chi connectivity index (χ1) is 11.6. The maximum Gasteiger partial charge on any atom is 0.281 e. The van der Waals surface area contributed by atoms with Crippen molar-refractivity contribution >= 4 is 22.7 Å². The predicted molar refractivity (Wildman–Crippen MR) is 92.5 cm³/mol. The van der Waals surface area contributed by atoms with Gasteiger partial charge in [0.25, 0.3) is 5.91 Å². The van der Waals surface area contributed by atoms with Gasteiger partial charge in [0.15, 0.2) is 5.04 Å². The summed E-state index contributed by atoms with van der Waals surface area (Å²) < 4.78 is 13.1. The molecule has 3 aliphatic rings. The Morgan fingerprint density at radius 3 is 2.92 bits per heavy atom. The minimum absolute atomic E-state index is 0.00527. The molecule has 1 aromatic rings. The van der Waals surface area contributed by atoms with Crippen LogP contribution in [0.5, 0.6) is 0 Å². The lowest BCUT2D eigenvalue weighted by atomic mass is 9.90. The van der Waals surface area contributed by atoms with Crippen molar-refractivity contribution in [2.24, 2.45) is 5.10 Å². The topological polar surface area (TPSA) is 47.9 Å². The molecule has 0 radical (unpaired) electrons. The van der Waals surface area contributed by atoms with Crippen molar-refractivity contribution in [1.29, 1.82) is 0 Å². The van der Waals surface area contributed by atoms with Crippen molar-refractivity contribution in [1.82, 2.24) is 15.2 Å². The van der Waals surface area contributed by atoms with E-state index in [1.165, 1.54) is 23.9 Å². The van der Waals surface area contributed by atoms with Crippen LogP contribution in [-0.2, 0) is 4.79 Å². The molecule has 1 aromatic carbocycles. The van der Waals surface area contributed by atoms with E-state index in [-0.39, 0.29) is 23.8 Å². The summed E-state index contributed by atoms with van der Waals surface area (Å²) in [6, 6.07) is 6.62. The van der Waals surface area contributed by atoms with E-state index in [9.17, 15) is 9.18 Å². The molecule has 0 spiro atoms. The molecule has 2 unspecified atom stereocenters. The molecule has 1 saturated heterocycles. The van der Waals surface area contributed by atoms with Crippen molar-refractivity contribution in [3.63, 3.8) is 0 Å². The zero-order valence-corrected chi connectivity index (χ0v) is 14.2. The van der Waals surface area contributed by atoms with E-state index in [0.717, 1.165) is 30.0 Å². The van der Waals surface area contributed by atoms with Crippen LogP contribution in [0.3, 0.4) is 0 Å². The van der Waals surface area contributed by atoms with Crippen LogP contribution in [0.4, 0.5) is 4.39 Å². The van der Waals surface area contributed by atoms with Gasteiger partial charge >= 0.3 is 0 Å². The van der Waals surface area contributed by atoms with Crippen LogP contribution in [0.2, 0.25) is 0 Å². The number of carbonyl (C=O) groups excluding carboxylic acids is 1. The first kappa shape index (κ1) is 15.5. The van der Waals surface area contributed by atoms with Gasteiger partial charge in [-0.1, -0.05) is 12.1 Å². The molecule has 0 bridgehead atoms. The molecule has 0 aliphatic carbocycles. The molecule has 1 fully saturated rings. The Balaban J connectivity index is 1.46. The maximum absolute atomic E-state index is 13.1. The molecule has 24 heavy (non-hydrogen) atoms. The van der Waals surface area contributed by atoms with Crippen molar-refractivity contribution in [2.75, 3.05) is 13.1 Å². The molecule has 0 saturated carbocycles. The van der Waals surface area contributed by atoms with Crippen molar-refractivity contribution < 1.29 is 9.18 Å². The van der Waals surface area contributed by atoms with Gasteiger partial charge in [-0.05, 0) is 49.2 Å². The van der Waals surface area contributed by atoms with E-state index < -0.39 is 0 Å². The number of fused-ring (bicyclic) bond motifs is 1. The molecule has 3 heterocycles. The summed E-state index contributed by atoms with van der Waals surface area (Å²) in [6.07, 6.45) is 3.96. The third kappa shape index (κ3) is 2.77. The van der Waals surface area contributed by atoms with Gasteiger partial charge in [0.2, 0.25) is 0 Å². The van der Waals surface area contributed by atoms with E-state index in [1.54, 1.807) is 0 Å². The molecular weight excluding hydrogens is 327 g/mol. The number of carbonyl (C=O) groups is 1. The molecule has 4 rings (SSSR count). The number of piperidine rings is 1. The number of thioether (sulfide) groups is 1. The molecule has 2 atom stereocenters. The largest absolute Gasteiger partial charge is 0.368 e. The number of nitrogens with one attached hydrogen (secondary N) is 1. The Morgan fingerprint density at radius 2 is 2.17 bits per heavy atom. The average molecular weight is 346 g/mol. The minimum atomic E-state index is -0.226. The molecule has 1 amide bonds. The van der Waals surface area contributed by atoms with Crippen LogP contribution in [0, 0.1) is 5.82 Å². The second kappa shape index (κ2) is 6.12. The van der Waals surface area contributed by atoms with E-state index in [2.05, 4.69) is 10.4 Å². The van der Waals surface area contributed by atoms with Crippen LogP contribution in [0.15, 0.2) is 40.6 Å². The van der Waals surface area contributed by atoms with Gasteiger partial charge in [0, 0.05) is 25.2 Å². The van der Waals surface area contributed by atoms with Gasteiger partial charge in [-0.15, -0.1) is 0 Å². The SMILES string of the molecule is CC1NC=C2SC(C(=O)N3CCCC(c4ccc(F)cc4)C3)=NN21. The smallest absolute Gasteiger partial charge is 0.281 e. The summed E-state index contributed by atoms with van der Waals surface area (Å²) in [5.41, 5.74) is 1.09.